The Hall–Kier alpha value is -3.54. The van der Waals surface area contributed by atoms with Crippen molar-refractivity contribution in [1.29, 1.82) is 0 Å². The third kappa shape index (κ3) is 15.5. The molecule has 0 fully saturated rings. The van der Waals surface area contributed by atoms with Crippen LogP contribution in [0.1, 0.15) is 107 Å². The van der Waals surface area contributed by atoms with Crippen molar-refractivity contribution in [3.63, 3.8) is 0 Å². The minimum atomic E-state index is -0.464. The molecular formula is C36H54N2O4. The predicted octanol–water partition coefficient (Wildman–Crippen LogP) is 9.57. The molecule has 0 radical (unpaired) electrons. The minimum absolute atomic E-state index is 0.0403. The van der Waals surface area contributed by atoms with Crippen molar-refractivity contribution in [3.05, 3.63) is 82.9 Å². The molecule has 2 aromatic rings. The molecule has 2 amide bonds. The first-order chi connectivity index (χ1) is 19.4. The lowest BCUT2D eigenvalue weighted by Gasteiger charge is -2.22. The van der Waals surface area contributed by atoms with Crippen LogP contribution in [-0.4, -0.2) is 35.5 Å². The van der Waals surface area contributed by atoms with Gasteiger partial charge in [0.1, 0.15) is 11.2 Å². The summed E-state index contributed by atoms with van der Waals surface area (Å²) in [4.78, 5) is 23.5. The number of alkyl carbamates (subject to hydrolysis) is 2. The Balaban J connectivity index is 0.000000420. The standard InChI is InChI=1S/2C18H27NO2/c2*1-13(15(3)16-10-8-7-9-11-16)12-14(2)19-17(20)21-18(4,5)6/h2*7-11,14H,12H2,1-6H3,(H,19,20)/b15-13+;15-13-/t2*14-/m11/s1. The highest BCUT2D eigenvalue weighted by atomic mass is 16.6. The molecule has 0 aliphatic heterocycles. The molecule has 6 heteroatoms. The molecule has 0 bridgehead atoms. The SMILES string of the molecule is C/C(C[C@@H](C)NC(=O)OC(C)(C)C)=C(/C)c1ccccc1.C/C(C[C@@H](C)NC(=O)OC(C)(C)C)=C(\C)c1ccccc1. The van der Waals surface area contributed by atoms with Gasteiger partial charge in [-0.1, -0.05) is 71.8 Å². The summed E-state index contributed by atoms with van der Waals surface area (Å²) in [5, 5.41) is 5.76. The second-order valence-corrected chi connectivity index (χ2v) is 13.0. The normalized spacial score (nSPS) is 14.2. The first-order valence-corrected chi connectivity index (χ1v) is 14.8. The monoisotopic (exact) mass is 578 g/mol. The predicted molar refractivity (Wildman–Crippen MR) is 176 cm³/mol. The van der Waals surface area contributed by atoms with E-state index in [1.807, 2.05) is 91.8 Å². The van der Waals surface area contributed by atoms with Gasteiger partial charge in [-0.15, -0.1) is 0 Å². The number of allylic oxidation sites excluding steroid dienone is 2. The second kappa shape index (κ2) is 16.8. The maximum absolute atomic E-state index is 11.7. The third-order valence-corrected chi connectivity index (χ3v) is 6.44. The maximum Gasteiger partial charge on any atom is 0.407 e. The number of hydrogen-bond donors (Lipinski definition) is 2. The quantitative estimate of drug-likeness (QED) is 0.327. The van der Waals surface area contributed by atoms with Crippen molar-refractivity contribution in [2.24, 2.45) is 0 Å². The minimum Gasteiger partial charge on any atom is -0.444 e. The van der Waals surface area contributed by atoms with E-state index >= 15 is 0 Å². The van der Waals surface area contributed by atoms with Crippen molar-refractivity contribution < 1.29 is 19.1 Å². The Bertz CT molecular complexity index is 1090. The molecular weight excluding hydrogens is 524 g/mol. The molecule has 2 N–H and O–H groups in total. The molecule has 2 aromatic carbocycles. The van der Waals surface area contributed by atoms with Gasteiger partial charge in [0.05, 0.1) is 0 Å². The molecule has 6 nitrogen and oxygen atoms in total. The summed E-state index contributed by atoms with van der Waals surface area (Å²) < 4.78 is 10.5. The average molecular weight is 579 g/mol. The van der Waals surface area contributed by atoms with Crippen LogP contribution in [0.4, 0.5) is 9.59 Å². The van der Waals surface area contributed by atoms with E-state index in [0.717, 1.165) is 12.8 Å². The highest BCUT2D eigenvalue weighted by molar-refractivity contribution is 5.70. The van der Waals surface area contributed by atoms with Crippen LogP contribution < -0.4 is 10.6 Å². The molecule has 2 atom stereocenters. The molecule has 42 heavy (non-hydrogen) atoms. The van der Waals surface area contributed by atoms with Gasteiger partial charge in [0.25, 0.3) is 0 Å². The highest BCUT2D eigenvalue weighted by Gasteiger charge is 2.19. The van der Waals surface area contributed by atoms with E-state index in [2.05, 4.69) is 62.6 Å². The molecule has 0 saturated heterocycles. The van der Waals surface area contributed by atoms with Gasteiger partial charge in [0.15, 0.2) is 0 Å². The van der Waals surface area contributed by atoms with E-state index in [0.29, 0.717) is 0 Å². The lowest BCUT2D eigenvalue weighted by Crippen LogP contribution is -2.37. The Morgan fingerprint density at radius 1 is 0.595 bits per heavy atom. The number of carbonyl (C=O) groups is 2. The fourth-order valence-electron chi connectivity index (χ4n) is 4.21. The van der Waals surface area contributed by atoms with Gasteiger partial charge in [0.2, 0.25) is 0 Å². The van der Waals surface area contributed by atoms with E-state index in [-0.39, 0.29) is 24.3 Å². The zero-order chi connectivity index (χ0) is 32.1. The molecule has 232 valence electrons. The maximum atomic E-state index is 11.7. The first kappa shape index (κ1) is 36.5. The zero-order valence-corrected chi connectivity index (χ0v) is 28.0. The van der Waals surface area contributed by atoms with Crippen LogP contribution in [0.3, 0.4) is 0 Å². The number of ether oxygens (including phenoxy) is 2. The Morgan fingerprint density at radius 3 is 1.14 bits per heavy atom. The fraction of sp³-hybridized carbons (Fsp3) is 0.500. The number of rotatable bonds is 8. The summed E-state index contributed by atoms with van der Waals surface area (Å²) in [7, 11) is 0. The van der Waals surface area contributed by atoms with E-state index in [1.54, 1.807) is 0 Å². The van der Waals surface area contributed by atoms with Crippen LogP contribution >= 0.6 is 0 Å². The summed E-state index contributed by atoms with van der Waals surface area (Å²) in [6.45, 7) is 23.6. The van der Waals surface area contributed by atoms with Crippen molar-refractivity contribution in [3.8, 4) is 0 Å². The molecule has 2 rings (SSSR count). The van der Waals surface area contributed by atoms with E-state index in [9.17, 15) is 9.59 Å². The second-order valence-electron chi connectivity index (χ2n) is 13.0. The number of hydrogen-bond acceptors (Lipinski definition) is 4. The molecule has 0 saturated carbocycles. The van der Waals surface area contributed by atoms with Crippen LogP contribution in [0.2, 0.25) is 0 Å². The van der Waals surface area contributed by atoms with Gasteiger partial charge in [-0.05, 0) is 118 Å². The lowest BCUT2D eigenvalue weighted by atomic mass is 9.98. The van der Waals surface area contributed by atoms with Crippen molar-refractivity contribution in [2.75, 3.05) is 0 Å². The summed E-state index contributed by atoms with van der Waals surface area (Å²) in [5.41, 5.74) is 6.57. The van der Waals surface area contributed by atoms with Crippen LogP contribution in [0.15, 0.2) is 71.8 Å². The molecule has 0 aromatic heterocycles. The van der Waals surface area contributed by atoms with E-state index in [4.69, 9.17) is 9.47 Å². The average Bonchev–Trinajstić information content (AvgIpc) is 2.86. The Labute approximate surface area is 255 Å². The van der Waals surface area contributed by atoms with Crippen molar-refractivity contribution >= 4 is 23.3 Å². The zero-order valence-electron chi connectivity index (χ0n) is 28.0. The molecule has 0 aliphatic rings. The molecule has 0 heterocycles. The number of amides is 2. The first-order valence-electron chi connectivity index (χ1n) is 14.8. The fourth-order valence-corrected chi connectivity index (χ4v) is 4.21. The van der Waals surface area contributed by atoms with Crippen LogP contribution in [0, 0.1) is 0 Å². The topological polar surface area (TPSA) is 76.7 Å². The summed E-state index contributed by atoms with van der Waals surface area (Å²) in [6.07, 6.45) is 0.889. The van der Waals surface area contributed by atoms with Crippen LogP contribution in [-0.2, 0) is 9.47 Å². The summed E-state index contributed by atoms with van der Waals surface area (Å²) >= 11 is 0. The highest BCUT2D eigenvalue weighted by Crippen LogP contribution is 2.22. The van der Waals surface area contributed by atoms with E-state index < -0.39 is 11.2 Å². The van der Waals surface area contributed by atoms with Crippen molar-refractivity contribution in [2.45, 2.75) is 119 Å². The van der Waals surface area contributed by atoms with Gasteiger partial charge in [-0.2, -0.15) is 0 Å². The largest absolute Gasteiger partial charge is 0.444 e. The van der Waals surface area contributed by atoms with Gasteiger partial charge < -0.3 is 20.1 Å². The number of carbonyl (C=O) groups excluding carboxylic acids is 2. The number of benzene rings is 2. The third-order valence-electron chi connectivity index (χ3n) is 6.44. The lowest BCUT2D eigenvalue weighted by molar-refractivity contribution is 0.0496. The van der Waals surface area contributed by atoms with Crippen LogP contribution in [0.5, 0.6) is 0 Å². The smallest absolute Gasteiger partial charge is 0.407 e. The van der Waals surface area contributed by atoms with Gasteiger partial charge >= 0.3 is 12.2 Å². The molecule has 0 spiro atoms. The van der Waals surface area contributed by atoms with Crippen molar-refractivity contribution in [1.82, 2.24) is 10.6 Å². The Kier molecular flexibility index (Phi) is 14.6. The Morgan fingerprint density at radius 2 is 0.881 bits per heavy atom. The summed E-state index contributed by atoms with van der Waals surface area (Å²) in [6, 6.07) is 20.7. The molecule has 0 aliphatic carbocycles. The van der Waals surface area contributed by atoms with Gasteiger partial charge in [-0.3, -0.25) is 0 Å². The molecule has 0 unspecified atom stereocenters. The summed E-state index contributed by atoms with van der Waals surface area (Å²) in [5.74, 6) is 0. The van der Waals surface area contributed by atoms with E-state index in [1.165, 1.54) is 33.4 Å². The number of nitrogens with one attached hydrogen (secondary N) is 2. The van der Waals surface area contributed by atoms with Crippen LogP contribution in [0.25, 0.3) is 11.1 Å². The van der Waals surface area contributed by atoms with Gasteiger partial charge in [0, 0.05) is 12.1 Å². The van der Waals surface area contributed by atoms with Gasteiger partial charge in [-0.25, -0.2) is 9.59 Å².